The van der Waals surface area contributed by atoms with Gasteiger partial charge in [-0.05, 0) is 40.0 Å². The van der Waals surface area contributed by atoms with E-state index >= 15 is 0 Å². The van der Waals surface area contributed by atoms with Gasteiger partial charge in [0.05, 0.1) is 17.2 Å². The molecule has 0 aliphatic heterocycles. The first-order valence-electron chi connectivity index (χ1n) is 7.69. The van der Waals surface area contributed by atoms with Crippen molar-refractivity contribution in [2.24, 2.45) is 0 Å². The molecule has 1 aromatic carbocycles. The van der Waals surface area contributed by atoms with Gasteiger partial charge in [0.2, 0.25) is 5.95 Å². The van der Waals surface area contributed by atoms with Gasteiger partial charge >= 0.3 is 0 Å². The van der Waals surface area contributed by atoms with Crippen molar-refractivity contribution in [2.45, 2.75) is 25.9 Å². The third-order valence-corrected chi connectivity index (χ3v) is 4.27. The zero-order valence-electron chi connectivity index (χ0n) is 13.4. The molecule has 3 rings (SSSR count). The Labute approximate surface area is 158 Å². The second-order valence-electron chi connectivity index (χ2n) is 5.44. The molecule has 0 saturated carbocycles. The van der Waals surface area contributed by atoms with Crippen LogP contribution >= 0.6 is 27.5 Å². The second kappa shape index (κ2) is 7.79. The van der Waals surface area contributed by atoms with E-state index in [1.54, 1.807) is 28.1 Å². The molecule has 130 valence electrons. The molecular weight excluding hydrogens is 408 g/mol. The summed E-state index contributed by atoms with van der Waals surface area (Å²) in [4.78, 5) is 16.6. The van der Waals surface area contributed by atoms with Crippen LogP contribution in [-0.2, 0) is 11.3 Å². The van der Waals surface area contributed by atoms with Crippen LogP contribution < -0.4 is 5.32 Å². The molecule has 1 unspecified atom stereocenters. The van der Waals surface area contributed by atoms with Crippen LogP contribution in [0.3, 0.4) is 0 Å². The zero-order chi connectivity index (χ0) is 17.8. The Bertz CT molecular complexity index is 860. The van der Waals surface area contributed by atoms with Crippen LogP contribution in [0, 0.1) is 0 Å². The SMILES string of the molecule is CCC(C(=O)Nc1ncn(Cc2ccc(Cl)cc2)n1)n1cc(Br)cn1. The lowest BCUT2D eigenvalue weighted by molar-refractivity contribution is -0.119. The monoisotopic (exact) mass is 422 g/mol. The van der Waals surface area contributed by atoms with E-state index in [4.69, 9.17) is 11.6 Å². The number of nitrogens with zero attached hydrogens (tertiary/aromatic N) is 5. The molecule has 0 spiro atoms. The average molecular weight is 424 g/mol. The molecule has 2 aromatic heterocycles. The maximum Gasteiger partial charge on any atom is 0.251 e. The van der Waals surface area contributed by atoms with Gasteiger partial charge in [0.15, 0.2) is 0 Å². The number of rotatable bonds is 6. The molecule has 7 nitrogen and oxygen atoms in total. The van der Waals surface area contributed by atoms with Crippen molar-refractivity contribution in [1.29, 1.82) is 0 Å². The summed E-state index contributed by atoms with van der Waals surface area (Å²) in [5, 5.41) is 11.9. The second-order valence-corrected chi connectivity index (χ2v) is 6.80. The first kappa shape index (κ1) is 17.6. The number of hydrogen-bond donors (Lipinski definition) is 1. The van der Waals surface area contributed by atoms with Crippen molar-refractivity contribution < 1.29 is 4.79 Å². The number of carbonyl (C=O) groups is 1. The van der Waals surface area contributed by atoms with Gasteiger partial charge in [0, 0.05) is 11.2 Å². The molecule has 2 heterocycles. The molecule has 9 heteroatoms. The predicted molar refractivity (Wildman–Crippen MR) is 98.5 cm³/mol. The Morgan fingerprint density at radius 1 is 1.36 bits per heavy atom. The van der Waals surface area contributed by atoms with Crippen LogP contribution in [0.4, 0.5) is 5.95 Å². The first-order valence-corrected chi connectivity index (χ1v) is 8.86. The minimum Gasteiger partial charge on any atom is -0.291 e. The van der Waals surface area contributed by atoms with Crippen molar-refractivity contribution in [3.63, 3.8) is 0 Å². The highest BCUT2D eigenvalue weighted by atomic mass is 79.9. The normalized spacial score (nSPS) is 12.1. The summed E-state index contributed by atoms with van der Waals surface area (Å²) in [6, 6.07) is 7.07. The summed E-state index contributed by atoms with van der Waals surface area (Å²) >= 11 is 9.21. The summed E-state index contributed by atoms with van der Waals surface area (Å²) in [5.74, 6) is 0.0611. The lowest BCUT2D eigenvalue weighted by Crippen LogP contribution is -2.26. The van der Waals surface area contributed by atoms with Crippen LogP contribution in [0.15, 0.2) is 47.5 Å². The Morgan fingerprint density at radius 2 is 2.12 bits per heavy atom. The summed E-state index contributed by atoms with van der Waals surface area (Å²) in [5.41, 5.74) is 1.04. The van der Waals surface area contributed by atoms with E-state index in [1.165, 1.54) is 0 Å². The fourth-order valence-corrected chi connectivity index (χ4v) is 2.80. The highest BCUT2D eigenvalue weighted by Crippen LogP contribution is 2.16. The van der Waals surface area contributed by atoms with Crippen LogP contribution in [0.25, 0.3) is 0 Å². The molecule has 1 atom stereocenters. The number of hydrogen-bond acceptors (Lipinski definition) is 4. The molecular formula is C16H16BrClN6O. The van der Waals surface area contributed by atoms with Crippen LogP contribution in [-0.4, -0.2) is 30.5 Å². The van der Waals surface area contributed by atoms with E-state index in [0.29, 0.717) is 18.0 Å². The quantitative estimate of drug-likeness (QED) is 0.658. The predicted octanol–water partition coefficient (Wildman–Crippen LogP) is 3.53. The van der Waals surface area contributed by atoms with E-state index in [9.17, 15) is 4.79 Å². The molecule has 25 heavy (non-hydrogen) atoms. The summed E-state index contributed by atoms with van der Waals surface area (Å²) in [6.07, 6.45) is 5.59. The van der Waals surface area contributed by atoms with Crippen LogP contribution in [0.5, 0.6) is 0 Å². The van der Waals surface area contributed by atoms with Crippen molar-refractivity contribution in [1.82, 2.24) is 24.5 Å². The van der Waals surface area contributed by atoms with Crippen molar-refractivity contribution in [3.8, 4) is 0 Å². The summed E-state index contributed by atoms with van der Waals surface area (Å²) < 4.78 is 4.10. The van der Waals surface area contributed by atoms with Gasteiger partial charge < -0.3 is 0 Å². The summed E-state index contributed by atoms with van der Waals surface area (Å²) in [6.45, 7) is 2.47. The number of halogens is 2. The topological polar surface area (TPSA) is 77.6 Å². The van der Waals surface area contributed by atoms with Crippen molar-refractivity contribution >= 4 is 39.4 Å². The van der Waals surface area contributed by atoms with Crippen molar-refractivity contribution in [3.05, 3.63) is 58.0 Å². The highest BCUT2D eigenvalue weighted by molar-refractivity contribution is 9.10. The van der Waals surface area contributed by atoms with Crippen LogP contribution in [0.1, 0.15) is 24.9 Å². The Hall–Kier alpha value is -2.19. The van der Waals surface area contributed by atoms with Crippen LogP contribution in [0.2, 0.25) is 5.02 Å². The van der Waals surface area contributed by atoms with Gasteiger partial charge in [0.25, 0.3) is 5.91 Å². The van der Waals surface area contributed by atoms with Crippen molar-refractivity contribution in [2.75, 3.05) is 5.32 Å². The highest BCUT2D eigenvalue weighted by Gasteiger charge is 2.20. The van der Waals surface area contributed by atoms with E-state index in [-0.39, 0.29) is 11.9 Å². The van der Waals surface area contributed by atoms with E-state index in [1.807, 2.05) is 31.2 Å². The molecule has 0 aliphatic rings. The minimum atomic E-state index is -0.422. The van der Waals surface area contributed by atoms with Gasteiger partial charge in [-0.2, -0.15) is 5.10 Å². The number of benzene rings is 1. The third kappa shape index (κ3) is 4.46. The molecule has 1 amide bonds. The lowest BCUT2D eigenvalue weighted by Gasteiger charge is -2.13. The standard InChI is InChI=1S/C16H16BrClN6O/c1-2-14(24-9-12(17)7-20-24)15(25)21-16-19-10-23(22-16)8-11-3-5-13(18)6-4-11/h3-7,9-10,14H,2,8H2,1H3,(H,21,22,25). The third-order valence-electron chi connectivity index (χ3n) is 3.61. The first-order chi connectivity index (χ1) is 12.0. The van der Waals surface area contributed by atoms with Gasteiger partial charge in [-0.15, -0.1) is 5.10 Å². The fraction of sp³-hybridized carbons (Fsp3) is 0.250. The zero-order valence-corrected chi connectivity index (χ0v) is 15.8. The number of amides is 1. The fourth-order valence-electron chi connectivity index (χ4n) is 2.38. The average Bonchev–Trinajstić information content (AvgIpc) is 3.20. The van der Waals surface area contributed by atoms with E-state index in [0.717, 1.165) is 10.0 Å². The maximum absolute atomic E-state index is 12.5. The van der Waals surface area contributed by atoms with E-state index in [2.05, 4.69) is 36.4 Å². The molecule has 0 aliphatic carbocycles. The minimum absolute atomic E-state index is 0.206. The number of anilines is 1. The largest absolute Gasteiger partial charge is 0.291 e. The van der Waals surface area contributed by atoms with Gasteiger partial charge in [-0.25, -0.2) is 9.67 Å². The van der Waals surface area contributed by atoms with E-state index < -0.39 is 6.04 Å². The Balaban J connectivity index is 1.65. The van der Waals surface area contributed by atoms with Gasteiger partial charge in [-0.3, -0.25) is 14.8 Å². The number of nitrogens with one attached hydrogen (secondary N) is 1. The molecule has 3 aromatic rings. The Morgan fingerprint density at radius 3 is 2.76 bits per heavy atom. The molecule has 1 N–H and O–H groups in total. The van der Waals surface area contributed by atoms with Gasteiger partial charge in [-0.1, -0.05) is 30.7 Å². The number of carbonyl (C=O) groups excluding carboxylic acids is 1. The summed E-state index contributed by atoms with van der Waals surface area (Å²) in [7, 11) is 0. The van der Waals surface area contributed by atoms with Gasteiger partial charge in [0.1, 0.15) is 12.4 Å². The number of aromatic nitrogens is 5. The molecule has 0 saturated heterocycles. The molecule has 0 fully saturated rings. The molecule has 0 radical (unpaired) electrons. The molecule has 0 bridgehead atoms. The smallest absolute Gasteiger partial charge is 0.251 e. The Kier molecular flexibility index (Phi) is 5.50. The lowest BCUT2D eigenvalue weighted by atomic mass is 10.2. The maximum atomic E-state index is 12.5.